The second-order valence-electron chi connectivity index (χ2n) is 4.27. The first-order valence-corrected chi connectivity index (χ1v) is 5.04. The van der Waals surface area contributed by atoms with Crippen LogP contribution in [0.25, 0.3) is 0 Å². The first kappa shape index (κ1) is 10.5. The quantitative estimate of drug-likeness (QED) is 0.703. The van der Waals surface area contributed by atoms with E-state index in [0.717, 1.165) is 12.8 Å². The summed E-state index contributed by atoms with van der Waals surface area (Å²) in [4.78, 5) is 13.7. The highest BCUT2D eigenvalue weighted by molar-refractivity contribution is 5.79. The van der Waals surface area contributed by atoms with Gasteiger partial charge in [-0.25, -0.2) is 0 Å². The van der Waals surface area contributed by atoms with Crippen LogP contribution in [0.15, 0.2) is 0 Å². The molecule has 1 saturated carbocycles. The Morgan fingerprint density at radius 1 is 1.54 bits per heavy atom. The molecule has 0 heterocycles. The van der Waals surface area contributed by atoms with Crippen LogP contribution in [0, 0.1) is 11.8 Å². The van der Waals surface area contributed by atoms with E-state index >= 15 is 0 Å². The number of hydrogen-bond acceptors (Lipinski definition) is 2. The third kappa shape index (κ3) is 2.44. The zero-order chi connectivity index (χ0) is 10.0. The van der Waals surface area contributed by atoms with Gasteiger partial charge in [0.25, 0.3) is 0 Å². The molecule has 0 saturated heterocycles. The maximum Gasteiger partial charge on any atom is 0.227 e. The minimum absolute atomic E-state index is 0.00519. The zero-order valence-electron chi connectivity index (χ0n) is 8.79. The van der Waals surface area contributed by atoms with E-state index in [0.29, 0.717) is 18.5 Å². The van der Waals surface area contributed by atoms with Crippen molar-refractivity contribution in [2.75, 3.05) is 13.6 Å². The van der Waals surface area contributed by atoms with Crippen LogP contribution >= 0.6 is 0 Å². The molecular weight excluding hydrogens is 164 g/mol. The van der Waals surface area contributed by atoms with E-state index < -0.39 is 0 Å². The van der Waals surface area contributed by atoms with Crippen molar-refractivity contribution in [2.45, 2.75) is 32.7 Å². The molecule has 0 radical (unpaired) electrons. The summed E-state index contributed by atoms with van der Waals surface area (Å²) in [6.45, 7) is 4.57. The molecule has 0 aromatic heterocycles. The fraction of sp³-hybridized carbons (Fsp3) is 0.900. The Bertz CT molecular complexity index is 187. The molecule has 1 unspecified atom stereocenters. The van der Waals surface area contributed by atoms with Crippen LogP contribution in [0.2, 0.25) is 0 Å². The molecule has 76 valence electrons. The van der Waals surface area contributed by atoms with E-state index in [1.54, 1.807) is 0 Å². The molecule has 2 N–H and O–H groups in total. The van der Waals surface area contributed by atoms with Crippen molar-refractivity contribution in [2.24, 2.45) is 17.6 Å². The number of hydrogen-bond donors (Lipinski definition) is 1. The summed E-state index contributed by atoms with van der Waals surface area (Å²) in [5.74, 6) is 0.573. The highest BCUT2D eigenvalue weighted by Gasteiger charge is 2.33. The van der Waals surface area contributed by atoms with E-state index in [2.05, 4.69) is 13.8 Å². The number of nitrogens with two attached hydrogens (primary N) is 1. The van der Waals surface area contributed by atoms with Crippen molar-refractivity contribution in [3.8, 4) is 0 Å². The average molecular weight is 184 g/mol. The lowest BCUT2D eigenvalue weighted by molar-refractivity contribution is -0.135. The van der Waals surface area contributed by atoms with Crippen LogP contribution in [0.3, 0.4) is 0 Å². The van der Waals surface area contributed by atoms with Crippen molar-refractivity contribution in [1.29, 1.82) is 0 Å². The molecule has 3 heteroatoms. The fourth-order valence-electron chi connectivity index (χ4n) is 1.56. The minimum Gasteiger partial charge on any atom is -0.342 e. The van der Waals surface area contributed by atoms with Gasteiger partial charge in [-0.3, -0.25) is 4.79 Å². The van der Waals surface area contributed by atoms with E-state index in [1.807, 2.05) is 11.9 Å². The van der Waals surface area contributed by atoms with Crippen LogP contribution in [0.4, 0.5) is 0 Å². The van der Waals surface area contributed by atoms with E-state index in [9.17, 15) is 4.79 Å². The molecule has 1 aliphatic carbocycles. The molecule has 0 aromatic carbocycles. The molecule has 13 heavy (non-hydrogen) atoms. The van der Waals surface area contributed by atoms with Crippen LogP contribution < -0.4 is 5.73 Å². The normalized spacial score (nSPS) is 18.8. The van der Waals surface area contributed by atoms with Crippen molar-refractivity contribution >= 4 is 5.91 Å². The summed E-state index contributed by atoms with van der Waals surface area (Å²) >= 11 is 0. The largest absolute Gasteiger partial charge is 0.342 e. The van der Waals surface area contributed by atoms with Gasteiger partial charge >= 0.3 is 0 Å². The molecule has 1 rings (SSSR count). The van der Waals surface area contributed by atoms with Gasteiger partial charge in [0.1, 0.15) is 0 Å². The summed E-state index contributed by atoms with van der Waals surface area (Å²) in [5, 5.41) is 0. The molecule has 1 atom stereocenters. The van der Waals surface area contributed by atoms with Crippen molar-refractivity contribution < 1.29 is 4.79 Å². The van der Waals surface area contributed by atoms with Gasteiger partial charge < -0.3 is 10.6 Å². The Morgan fingerprint density at radius 3 is 2.38 bits per heavy atom. The van der Waals surface area contributed by atoms with E-state index in [1.165, 1.54) is 0 Å². The Balaban J connectivity index is 2.51. The summed E-state index contributed by atoms with van der Waals surface area (Å²) in [6, 6.07) is 0.500. The monoisotopic (exact) mass is 184 g/mol. The van der Waals surface area contributed by atoms with Gasteiger partial charge in [-0.05, 0) is 18.8 Å². The standard InChI is InChI=1S/C10H20N2O/c1-7(2)9(6-11)10(13)12(3)8-4-5-8/h7-9H,4-6,11H2,1-3H3. The number of amides is 1. The maximum absolute atomic E-state index is 11.8. The average Bonchev–Trinajstić information content (AvgIpc) is 2.85. The topological polar surface area (TPSA) is 46.3 Å². The third-order valence-corrected chi connectivity index (χ3v) is 2.82. The number of nitrogens with zero attached hydrogens (tertiary/aromatic N) is 1. The highest BCUT2D eigenvalue weighted by Crippen LogP contribution is 2.27. The van der Waals surface area contributed by atoms with Crippen LogP contribution in [0.5, 0.6) is 0 Å². The number of rotatable bonds is 4. The maximum atomic E-state index is 11.8. The van der Waals surface area contributed by atoms with Crippen molar-refractivity contribution in [1.82, 2.24) is 4.90 Å². The number of carbonyl (C=O) groups excluding carboxylic acids is 1. The summed E-state index contributed by atoms with van der Waals surface area (Å²) in [7, 11) is 1.89. The van der Waals surface area contributed by atoms with E-state index in [-0.39, 0.29) is 11.8 Å². The smallest absolute Gasteiger partial charge is 0.227 e. The fourth-order valence-corrected chi connectivity index (χ4v) is 1.56. The van der Waals surface area contributed by atoms with Gasteiger partial charge in [-0.1, -0.05) is 13.8 Å². The van der Waals surface area contributed by atoms with E-state index in [4.69, 9.17) is 5.73 Å². The van der Waals surface area contributed by atoms with Crippen molar-refractivity contribution in [3.05, 3.63) is 0 Å². The van der Waals surface area contributed by atoms with Gasteiger partial charge in [0.15, 0.2) is 0 Å². The van der Waals surface area contributed by atoms with Crippen LogP contribution in [-0.4, -0.2) is 30.4 Å². The second-order valence-corrected chi connectivity index (χ2v) is 4.27. The molecular formula is C10H20N2O. The summed E-state index contributed by atoms with van der Waals surface area (Å²) in [6.07, 6.45) is 2.33. The lowest BCUT2D eigenvalue weighted by atomic mass is 9.94. The number of carbonyl (C=O) groups is 1. The Morgan fingerprint density at radius 2 is 2.08 bits per heavy atom. The van der Waals surface area contributed by atoms with Gasteiger partial charge in [0, 0.05) is 19.6 Å². The lowest BCUT2D eigenvalue weighted by Gasteiger charge is -2.25. The molecule has 0 spiro atoms. The van der Waals surface area contributed by atoms with Crippen LogP contribution in [0.1, 0.15) is 26.7 Å². The molecule has 3 nitrogen and oxygen atoms in total. The zero-order valence-corrected chi connectivity index (χ0v) is 8.79. The molecule has 1 fully saturated rings. The third-order valence-electron chi connectivity index (χ3n) is 2.82. The first-order chi connectivity index (χ1) is 6.07. The van der Waals surface area contributed by atoms with Crippen molar-refractivity contribution in [3.63, 3.8) is 0 Å². The van der Waals surface area contributed by atoms with Crippen LogP contribution in [-0.2, 0) is 4.79 Å². The summed E-state index contributed by atoms with van der Waals surface area (Å²) in [5.41, 5.74) is 5.59. The molecule has 1 amide bonds. The summed E-state index contributed by atoms with van der Waals surface area (Å²) < 4.78 is 0. The predicted molar refractivity (Wildman–Crippen MR) is 53.2 cm³/mol. The van der Waals surface area contributed by atoms with Gasteiger partial charge in [-0.2, -0.15) is 0 Å². The Kier molecular flexibility index (Phi) is 3.31. The van der Waals surface area contributed by atoms with Gasteiger partial charge in [0.05, 0.1) is 5.92 Å². The molecule has 0 aliphatic heterocycles. The highest BCUT2D eigenvalue weighted by atomic mass is 16.2. The Labute approximate surface area is 80.3 Å². The lowest BCUT2D eigenvalue weighted by Crippen LogP contribution is -2.40. The SMILES string of the molecule is CC(C)C(CN)C(=O)N(C)C1CC1. The molecule has 0 bridgehead atoms. The second kappa shape index (κ2) is 4.09. The molecule has 1 aliphatic rings. The molecule has 0 aromatic rings. The minimum atomic E-state index is 0.00519. The van der Waals surface area contributed by atoms with Gasteiger partial charge in [-0.15, -0.1) is 0 Å². The first-order valence-electron chi connectivity index (χ1n) is 5.04. The predicted octanol–water partition coefficient (Wildman–Crippen LogP) is 0.838. The van der Waals surface area contributed by atoms with Gasteiger partial charge in [0.2, 0.25) is 5.91 Å². The Hall–Kier alpha value is -0.570.